The maximum Gasteiger partial charge on any atom is 0.135 e. The normalized spacial score (nSPS) is 11.6. The van der Waals surface area contributed by atoms with Crippen LogP contribution in [0.15, 0.2) is 168 Å². The van der Waals surface area contributed by atoms with Gasteiger partial charge in [-0.05, 0) is 75.8 Å². The highest BCUT2D eigenvalue weighted by atomic mass is 16.3. The summed E-state index contributed by atoms with van der Waals surface area (Å²) in [6.07, 6.45) is 0. The Balaban J connectivity index is 1.30. The third-order valence-electron chi connectivity index (χ3n) is 8.81. The summed E-state index contributed by atoms with van der Waals surface area (Å²) in [5.74, 6) is 0. The SMILES string of the molecule is c1ccc(-c2cccc(-c3cccc(-n4c5ccccc5c5ccccc54)c3)c2-c2ccc3oc4ccccc4c3c2)cc1. The van der Waals surface area contributed by atoms with Crippen molar-refractivity contribution in [3.63, 3.8) is 0 Å². The third-order valence-corrected chi connectivity index (χ3v) is 8.81. The van der Waals surface area contributed by atoms with Gasteiger partial charge in [-0.15, -0.1) is 0 Å². The second kappa shape index (κ2) is 9.86. The van der Waals surface area contributed by atoms with Gasteiger partial charge in [0.2, 0.25) is 0 Å². The van der Waals surface area contributed by atoms with Crippen molar-refractivity contribution in [1.82, 2.24) is 4.57 Å². The molecule has 0 bridgehead atoms. The molecule has 0 aliphatic rings. The molecule has 0 saturated heterocycles. The quantitative estimate of drug-likeness (QED) is 0.209. The highest BCUT2D eigenvalue weighted by Gasteiger charge is 2.18. The van der Waals surface area contributed by atoms with Crippen molar-refractivity contribution in [3.05, 3.63) is 164 Å². The van der Waals surface area contributed by atoms with Crippen LogP contribution in [0.3, 0.4) is 0 Å². The summed E-state index contributed by atoms with van der Waals surface area (Å²) in [5, 5.41) is 4.80. The number of nitrogens with zero attached hydrogens (tertiary/aromatic N) is 1. The molecule has 2 heterocycles. The molecule has 0 saturated carbocycles. The molecule has 0 fully saturated rings. The zero-order chi connectivity index (χ0) is 29.0. The van der Waals surface area contributed by atoms with Gasteiger partial charge in [0, 0.05) is 27.2 Å². The second-order valence-corrected chi connectivity index (χ2v) is 11.3. The van der Waals surface area contributed by atoms with Crippen molar-refractivity contribution in [2.75, 3.05) is 0 Å². The van der Waals surface area contributed by atoms with E-state index >= 15 is 0 Å². The Morgan fingerprint density at radius 1 is 0.364 bits per heavy atom. The minimum atomic E-state index is 0.905. The first-order valence-corrected chi connectivity index (χ1v) is 15.0. The fourth-order valence-electron chi connectivity index (χ4n) is 6.86. The molecule has 9 aromatic rings. The van der Waals surface area contributed by atoms with Gasteiger partial charge in [0.15, 0.2) is 0 Å². The summed E-state index contributed by atoms with van der Waals surface area (Å²) in [6.45, 7) is 0. The van der Waals surface area contributed by atoms with Crippen molar-refractivity contribution >= 4 is 43.7 Å². The van der Waals surface area contributed by atoms with Crippen LogP contribution in [0, 0.1) is 0 Å². The van der Waals surface area contributed by atoms with E-state index in [-0.39, 0.29) is 0 Å². The Bertz CT molecular complexity index is 2440. The molecule has 0 aliphatic heterocycles. The summed E-state index contributed by atoms with van der Waals surface area (Å²) in [7, 11) is 0. The Hall–Kier alpha value is -5.86. The predicted molar refractivity (Wildman–Crippen MR) is 184 cm³/mol. The molecule has 0 spiro atoms. The highest BCUT2D eigenvalue weighted by molar-refractivity contribution is 6.10. The zero-order valence-corrected chi connectivity index (χ0v) is 23.9. The van der Waals surface area contributed by atoms with Crippen LogP contribution in [-0.4, -0.2) is 4.57 Å². The molecular weight excluding hydrogens is 534 g/mol. The fourth-order valence-corrected chi connectivity index (χ4v) is 6.86. The van der Waals surface area contributed by atoms with E-state index in [2.05, 4.69) is 156 Å². The van der Waals surface area contributed by atoms with Gasteiger partial charge in [-0.3, -0.25) is 0 Å². The van der Waals surface area contributed by atoms with Crippen molar-refractivity contribution < 1.29 is 4.42 Å². The molecule has 0 amide bonds. The molecule has 0 aliphatic carbocycles. The van der Waals surface area contributed by atoms with Crippen LogP contribution in [-0.2, 0) is 0 Å². The third kappa shape index (κ3) is 3.82. The molecule has 0 N–H and O–H groups in total. The first-order chi connectivity index (χ1) is 21.8. The second-order valence-electron chi connectivity index (χ2n) is 11.3. The lowest BCUT2D eigenvalue weighted by molar-refractivity contribution is 0.669. The van der Waals surface area contributed by atoms with Crippen LogP contribution in [0.1, 0.15) is 0 Å². The topological polar surface area (TPSA) is 18.1 Å². The Labute approximate surface area is 255 Å². The maximum absolute atomic E-state index is 6.20. The Morgan fingerprint density at radius 2 is 0.955 bits per heavy atom. The van der Waals surface area contributed by atoms with Gasteiger partial charge in [-0.1, -0.05) is 121 Å². The Kier molecular flexibility index (Phi) is 5.54. The zero-order valence-electron chi connectivity index (χ0n) is 23.9. The van der Waals surface area contributed by atoms with Crippen molar-refractivity contribution in [2.45, 2.75) is 0 Å². The molecule has 0 unspecified atom stereocenters. The Morgan fingerprint density at radius 3 is 1.73 bits per heavy atom. The molecule has 44 heavy (non-hydrogen) atoms. The van der Waals surface area contributed by atoms with Crippen molar-refractivity contribution in [3.8, 4) is 39.1 Å². The van der Waals surface area contributed by atoms with Crippen LogP contribution >= 0.6 is 0 Å². The van der Waals surface area contributed by atoms with Gasteiger partial charge in [0.1, 0.15) is 11.2 Å². The van der Waals surface area contributed by atoms with E-state index in [1.807, 2.05) is 12.1 Å². The average Bonchev–Trinajstić information content (AvgIpc) is 3.64. The number of benzene rings is 7. The standard InChI is InChI=1S/C42H27NO/c1-2-12-28(13-3-1)32-19-11-20-33(42(32)30-24-25-41-37(27-30)36-18-6-9-23-40(36)44-41)29-14-10-15-31(26-29)43-38-21-7-4-16-34(38)35-17-5-8-22-39(35)43/h1-27H. The van der Waals surface area contributed by atoms with Gasteiger partial charge in [-0.2, -0.15) is 0 Å². The van der Waals surface area contributed by atoms with E-state index in [0.717, 1.165) is 27.6 Å². The lowest BCUT2D eigenvalue weighted by Gasteiger charge is -2.17. The number of aromatic nitrogens is 1. The smallest absolute Gasteiger partial charge is 0.135 e. The van der Waals surface area contributed by atoms with E-state index in [0.29, 0.717) is 0 Å². The number of hydrogen-bond acceptors (Lipinski definition) is 1. The summed E-state index contributed by atoms with van der Waals surface area (Å²) >= 11 is 0. The summed E-state index contributed by atoms with van der Waals surface area (Å²) in [6, 6.07) is 58.6. The van der Waals surface area contributed by atoms with E-state index in [4.69, 9.17) is 4.42 Å². The van der Waals surface area contributed by atoms with E-state index in [9.17, 15) is 0 Å². The summed E-state index contributed by atoms with van der Waals surface area (Å²) in [4.78, 5) is 0. The first-order valence-electron chi connectivity index (χ1n) is 15.0. The monoisotopic (exact) mass is 561 g/mol. The lowest BCUT2D eigenvalue weighted by atomic mass is 9.87. The number of fused-ring (bicyclic) bond motifs is 6. The number of furan rings is 1. The first kappa shape index (κ1) is 24.7. The maximum atomic E-state index is 6.20. The molecule has 7 aromatic carbocycles. The van der Waals surface area contributed by atoms with Gasteiger partial charge in [-0.25, -0.2) is 0 Å². The minimum absolute atomic E-state index is 0.905. The van der Waals surface area contributed by atoms with Crippen LogP contribution in [0.25, 0.3) is 82.8 Å². The molecular formula is C42H27NO. The van der Waals surface area contributed by atoms with Gasteiger partial charge in [0.25, 0.3) is 0 Å². The van der Waals surface area contributed by atoms with Crippen molar-refractivity contribution in [2.24, 2.45) is 0 Å². The predicted octanol–water partition coefficient (Wildman–Crippen LogP) is 11.7. The van der Waals surface area contributed by atoms with Crippen LogP contribution < -0.4 is 0 Å². The largest absolute Gasteiger partial charge is 0.456 e. The molecule has 2 heteroatoms. The van der Waals surface area contributed by atoms with E-state index < -0.39 is 0 Å². The number of rotatable bonds is 4. The summed E-state index contributed by atoms with van der Waals surface area (Å²) in [5.41, 5.74) is 12.5. The molecule has 2 nitrogen and oxygen atoms in total. The summed E-state index contributed by atoms with van der Waals surface area (Å²) < 4.78 is 8.59. The minimum Gasteiger partial charge on any atom is -0.456 e. The molecule has 0 atom stereocenters. The van der Waals surface area contributed by atoms with Gasteiger partial charge >= 0.3 is 0 Å². The van der Waals surface area contributed by atoms with E-state index in [1.165, 1.54) is 55.2 Å². The molecule has 9 rings (SSSR count). The number of para-hydroxylation sites is 3. The molecule has 0 radical (unpaired) electrons. The van der Waals surface area contributed by atoms with E-state index in [1.54, 1.807) is 0 Å². The van der Waals surface area contributed by atoms with Gasteiger partial charge in [0.05, 0.1) is 11.0 Å². The molecule has 2 aromatic heterocycles. The van der Waals surface area contributed by atoms with Crippen LogP contribution in [0.4, 0.5) is 0 Å². The average molecular weight is 562 g/mol. The van der Waals surface area contributed by atoms with Crippen LogP contribution in [0.2, 0.25) is 0 Å². The lowest BCUT2D eigenvalue weighted by Crippen LogP contribution is -1.95. The highest BCUT2D eigenvalue weighted by Crippen LogP contribution is 2.43. The molecule has 206 valence electrons. The van der Waals surface area contributed by atoms with Gasteiger partial charge < -0.3 is 8.98 Å². The van der Waals surface area contributed by atoms with Crippen LogP contribution in [0.5, 0.6) is 0 Å². The fraction of sp³-hybridized carbons (Fsp3) is 0. The number of hydrogen-bond donors (Lipinski definition) is 0. The van der Waals surface area contributed by atoms with Crippen molar-refractivity contribution in [1.29, 1.82) is 0 Å².